The van der Waals surface area contributed by atoms with Crippen molar-refractivity contribution in [3.8, 4) is 0 Å². The molecule has 0 spiro atoms. The number of hydrogen-bond acceptors (Lipinski definition) is 24. The van der Waals surface area contributed by atoms with Gasteiger partial charge >= 0.3 is 59.9 Å². The number of hydrogen-bond donors (Lipinski definition) is 4. The minimum absolute atomic E-state index is 0.0696. The molecule has 8 atom stereocenters. The Morgan fingerprint density at radius 1 is 0.329 bits per heavy atom. The molecule has 0 heterocycles. The molecule has 0 unspecified atom stereocenters. The molecule has 4 aromatic carbocycles. The highest BCUT2D eigenvalue weighted by atomic mass is 16.7. The van der Waals surface area contributed by atoms with Crippen LogP contribution in [0.2, 0.25) is 0 Å². The molecule has 28 nitrogen and oxygen atoms in total. The lowest BCUT2D eigenvalue weighted by Crippen LogP contribution is -2.54. The number of Topliss-reactive ketones (excluding diaryl/α,β-unsaturated/α-hetero) is 2. The average Bonchev–Trinajstić information content (AvgIpc) is 3.71. The maximum atomic E-state index is 13.9. The Morgan fingerprint density at radius 3 is 0.780 bits per heavy atom. The molecule has 4 rings (SSSR count). The smallest absolute Gasteiger partial charge is 0.408 e. The Kier molecular flexibility index (Phi) is 24.8. The molecule has 0 aliphatic carbocycles. The molecule has 434 valence electrons. The van der Waals surface area contributed by atoms with Crippen molar-refractivity contribution in [2.75, 3.05) is 41.5 Å². The van der Waals surface area contributed by atoms with Crippen molar-refractivity contribution in [3.63, 3.8) is 0 Å². The Morgan fingerprint density at radius 2 is 0.549 bits per heavy atom. The number of methoxy groups -OCH3 is 4. The van der Waals surface area contributed by atoms with E-state index in [0.717, 1.165) is 42.3 Å². The maximum Gasteiger partial charge on any atom is 0.408 e. The second-order valence-corrected chi connectivity index (χ2v) is 16.6. The van der Waals surface area contributed by atoms with Crippen LogP contribution in [0.3, 0.4) is 0 Å². The van der Waals surface area contributed by atoms with E-state index in [2.05, 4.69) is 20.1 Å². The zero-order chi connectivity index (χ0) is 60.5. The van der Waals surface area contributed by atoms with Gasteiger partial charge in [-0.15, -0.1) is 0 Å². The highest BCUT2D eigenvalue weighted by Crippen LogP contribution is 2.19. The highest BCUT2D eigenvalue weighted by Gasteiger charge is 2.46. The maximum absolute atomic E-state index is 13.9. The average molecular weight is 1140 g/mol. The minimum atomic E-state index is -2.50. The summed E-state index contributed by atoms with van der Waals surface area (Å²) in [5, 5.41) is 8.19. The lowest BCUT2D eigenvalue weighted by atomic mass is 10.0. The van der Waals surface area contributed by atoms with Crippen molar-refractivity contribution < 1.29 is 114 Å². The number of alkyl carbamates (subject to hydrolysis) is 2. The lowest BCUT2D eigenvalue weighted by molar-refractivity contribution is -0.169. The van der Waals surface area contributed by atoms with Gasteiger partial charge in [-0.1, -0.05) is 72.8 Å². The second-order valence-electron chi connectivity index (χ2n) is 16.6. The van der Waals surface area contributed by atoms with Crippen LogP contribution in [0.5, 0.6) is 0 Å². The number of amides is 4. The monoisotopic (exact) mass is 1140 g/mol. The van der Waals surface area contributed by atoms with Gasteiger partial charge in [-0.25, -0.2) is 47.9 Å². The number of benzene rings is 4. The summed E-state index contributed by atoms with van der Waals surface area (Å²) in [4.78, 5) is 185. The molecule has 0 aliphatic rings. The molecular formula is C54H54N4O24. The summed E-state index contributed by atoms with van der Waals surface area (Å²) >= 11 is 0. The van der Waals surface area contributed by atoms with Gasteiger partial charge in [0.1, 0.15) is 13.1 Å². The Bertz CT molecular complexity index is 2760. The number of carbonyl (C=O) groups is 14. The van der Waals surface area contributed by atoms with E-state index in [1.807, 2.05) is 10.6 Å². The molecule has 0 bridgehead atoms. The normalized spacial score (nSPS) is 13.4. The van der Waals surface area contributed by atoms with Gasteiger partial charge in [0.15, 0.2) is 11.6 Å². The van der Waals surface area contributed by atoms with Gasteiger partial charge in [-0.05, 0) is 62.4 Å². The largest absolute Gasteiger partial charge is 0.466 e. The number of esters is 8. The summed E-state index contributed by atoms with van der Waals surface area (Å²) in [6.07, 6.45) is -17.3. The quantitative estimate of drug-likeness (QED) is 0.0476. The lowest BCUT2D eigenvalue weighted by Gasteiger charge is -2.27. The van der Waals surface area contributed by atoms with Crippen LogP contribution in [-0.2, 0) is 85.7 Å². The molecule has 4 aromatic rings. The summed E-state index contributed by atoms with van der Waals surface area (Å²) < 4.78 is 50.1. The van der Waals surface area contributed by atoms with E-state index in [0.29, 0.717) is 0 Å². The summed E-state index contributed by atoms with van der Waals surface area (Å²) in [6.45, 7) is 0.0173. The molecule has 82 heavy (non-hydrogen) atoms. The van der Waals surface area contributed by atoms with Crippen molar-refractivity contribution in [1.29, 1.82) is 0 Å². The van der Waals surface area contributed by atoms with Gasteiger partial charge in [0.25, 0.3) is 0 Å². The first kappa shape index (κ1) is 64.0. The topological polar surface area (TPSA) is 379 Å². The zero-order valence-corrected chi connectivity index (χ0v) is 44.4. The third-order valence-electron chi connectivity index (χ3n) is 11.0. The fraction of sp³-hybridized carbons (Fsp3) is 0.296. The van der Waals surface area contributed by atoms with Gasteiger partial charge in [0, 0.05) is 0 Å². The fourth-order valence-corrected chi connectivity index (χ4v) is 6.81. The SMILES string of the molecule is COC(=O)[C@H](OC(=O)NCC(=O)N[C@@H](C)C(=O)[C@H](OC(=O)c1ccccc1)[C@@H](OC(=O)c1ccccc1)C(=O)OC)[C@@H](OC(=O)NCC(=O)N[C@@H](C)C(=O)[C@H](OC(=O)c1ccccc1)[C@@H](OC(=O)c1ccccc1)C(=O)OC)C(=O)OC. The fourth-order valence-electron chi connectivity index (χ4n) is 6.81. The standard InChI is InChI=1S/C54H54N4O24/c1-29(37(61)39(77-45(63)31-19-11-7-12-20-31)41(49(67)73-3)79-47(65)33-23-15-9-16-24-33)57-35(59)27-55-53(71)81-43(51(69)75-5)44(52(70)76-6)82-54(72)56-28-36(60)58-30(2)38(62)40(78-46(64)32-21-13-8-14-22-32)42(50(68)74-4)80-48(66)34-25-17-10-18-26-34/h7-26,29-30,39-44H,27-28H2,1-6H3,(H,55,71)(H,56,72)(H,57,59)(H,58,60)/t29-,30-,39-,40-,41+,42+,43+,44+/m0/s1. The summed E-state index contributed by atoms with van der Waals surface area (Å²) in [5.74, 6) is -15.1. The Labute approximate surface area is 465 Å². The molecule has 0 saturated carbocycles. The van der Waals surface area contributed by atoms with Crippen LogP contribution in [0.1, 0.15) is 55.3 Å². The predicted molar refractivity (Wildman–Crippen MR) is 272 cm³/mol. The van der Waals surface area contributed by atoms with E-state index in [1.54, 1.807) is 24.3 Å². The first-order chi connectivity index (χ1) is 39.1. The molecule has 0 saturated heterocycles. The first-order valence-electron chi connectivity index (χ1n) is 24.0. The van der Waals surface area contributed by atoms with Crippen LogP contribution < -0.4 is 21.3 Å². The number of ether oxygens (including phenoxy) is 10. The molecular weight excluding hydrogens is 1090 g/mol. The first-order valence-corrected chi connectivity index (χ1v) is 24.0. The highest BCUT2D eigenvalue weighted by molar-refractivity contribution is 6.02. The van der Waals surface area contributed by atoms with Crippen molar-refractivity contribution in [3.05, 3.63) is 144 Å². The molecule has 28 heteroatoms. The van der Waals surface area contributed by atoms with Gasteiger partial charge < -0.3 is 68.6 Å². The van der Waals surface area contributed by atoms with Gasteiger partial charge in [0.2, 0.25) is 48.4 Å². The Balaban J connectivity index is 1.42. The molecule has 0 aliphatic heterocycles. The van der Waals surface area contributed by atoms with Crippen LogP contribution in [0.25, 0.3) is 0 Å². The third-order valence-corrected chi connectivity index (χ3v) is 11.0. The van der Waals surface area contributed by atoms with E-state index in [1.165, 1.54) is 97.1 Å². The van der Waals surface area contributed by atoms with Crippen molar-refractivity contribution in [2.24, 2.45) is 0 Å². The number of nitrogens with one attached hydrogen (secondary N) is 4. The summed E-state index contributed by atoms with van der Waals surface area (Å²) in [5.41, 5.74) is -0.326. The molecule has 0 fully saturated rings. The molecule has 0 radical (unpaired) electrons. The van der Waals surface area contributed by atoms with Crippen molar-refractivity contribution >= 4 is 83.3 Å². The van der Waals surface area contributed by atoms with Crippen LogP contribution in [-0.4, -0.2) is 174 Å². The molecule has 0 aromatic heterocycles. The van der Waals surface area contributed by atoms with E-state index >= 15 is 0 Å². The molecule has 4 amide bonds. The number of rotatable bonds is 27. The minimum Gasteiger partial charge on any atom is -0.466 e. The van der Waals surface area contributed by atoms with Gasteiger partial charge in [0.05, 0.1) is 62.8 Å². The van der Waals surface area contributed by atoms with E-state index < -0.39 is 145 Å². The van der Waals surface area contributed by atoms with Crippen LogP contribution in [0, 0.1) is 0 Å². The summed E-state index contributed by atoms with van der Waals surface area (Å²) in [6, 6.07) is 25.2. The van der Waals surface area contributed by atoms with Gasteiger partial charge in [-0.3, -0.25) is 19.2 Å². The zero-order valence-electron chi connectivity index (χ0n) is 44.4. The van der Waals surface area contributed by atoms with Crippen LogP contribution in [0.15, 0.2) is 121 Å². The van der Waals surface area contributed by atoms with Crippen molar-refractivity contribution in [2.45, 2.75) is 62.6 Å². The van der Waals surface area contributed by atoms with E-state index in [4.69, 9.17) is 37.9 Å². The van der Waals surface area contributed by atoms with Gasteiger partial charge in [-0.2, -0.15) is 0 Å². The van der Waals surface area contributed by atoms with Crippen LogP contribution >= 0.6 is 0 Å². The Hall–Kier alpha value is -10.5. The van der Waals surface area contributed by atoms with E-state index in [9.17, 15) is 67.1 Å². The number of ketones is 2. The van der Waals surface area contributed by atoms with E-state index in [-0.39, 0.29) is 22.3 Å². The summed E-state index contributed by atoms with van der Waals surface area (Å²) in [7, 11) is 3.34. The number of carbonyl (C=O) groups excluding carboxylic acids is 14. The third kappa shape index (κ3) is 18.8. The van der Waals surface area contributed by atoms with Crippen molar-refractivity contribution in [1.82, 2.24) is 21.3 Å². The molecule has 4 N–H and O–H groups in total. The second kappa shape index (κ2) is 31.8. The van der Waals surface area contributed by atoms with Crippen LogP contribution in [0.4, 0.5) is 9.59 Å². The predicted octanol–water partition coefficient (Wildman–Crippen LogP) is 0.918.